The summed E-state index contributed by atoms with van der Waals surface area (Å²) in [6.07, 6.45) is 5.08. The molecule has 2 heterocycles. The van der Waals surface area contributed by atoms with Crippen molar-refractivity contribution in [2.75, 3.05) is 13.2 Å². The smallest absolute Gasteiger partial charge is 0.228 e. The van der Waals surface area contributed by atoms with Gasteiger partial charge in [-0.2, -0.15) is 4.98 Å². The summed E-state index contributed by atoms with van der Waals surface area (Å²) < 4.78 is 5.25. The number of likely N-dealkylation sites (tertiary alicyclic amines) is 1. The average molecular weight is 253 g/mol. The fourth-order valence-electron chi connectivity index (χ4n) is 2.70. The highest BCUT2D eigenvalue weighted by Crippen LogP contribution is 2.22. The summed E-state index contributed by atoms with van der Waals surface area (Å²) in [5.74, 6) is 1.32. The third-order valence-corrected chi connectivity index (χ3v) is 3.59. The van der Waals surface area contributed by atoms with Crippen molar-refractivity contribution < 1.29 is 9.63 Å². The second-order valence-corrected chi connectivity index (χ2v) is 5.26. The molecule has 0 spiro atoms. The van der Waals surface area contributed by atoms with E-state index in [4.69, 9.17) is 9.63 Å². The molecule has 0 bridgehead atoms. The van der Waals surface area contributed by atoms with Crippen molar-refractivity contribution in [2.24, 2.45) is 0 Å². The Labute approximate surface area is 108 Å². The summed E-state index contributed by atoms with van der Waals surface area (Å²) in [4.78, 5) is 6.85. The lowest BCUT2D eigenvalue weighted by atomic mass is 9.98. The maximum Gasteiger partial charge on any atom is 0.228 e. The third kappa shape index (κ3) is 3.29. The van der Waals surface area contributed by atoms with Crippen LogP contribution in [0.15, 0.2) is 4.52 Å². The van der Waals surface area contributed by atoms with Crippen molar-refractivity contribution in [3.63, 3.8) is 0 Å². The summed E-state index contributed by atoms with van der Waals surface area (Å²) in [6, 6.07) is 1.08. The molecule has 1 N–H and O–H groups in total. The Balaban J connectivity index is 1.97. The molecule has 5 nitrogen and oxygen atoms in total. The number of rotatable bonds is 5. The van der Waals surface area contributed by atoms with E-state index in [1.807, 2.05) is 0 Å². The first-order valence-electron chi connectivity index (χ1n) is 6.88. The molecule has 1 atom stereocenters. The summed E-state index contributed by atoms with van der Waals surface area (Å²) in [7, 11) is 0. The Kier molecular flexibility index (Phi) is 4.72. The molecular formula is C13H23N3O2. The van der Waals surface area contributed by atoms with E-state index < -0.39 is 0 Å². The van der Waals surface area contributed by atoms with Crippen molar-refractivity contribution in [2.45, 2.75) is 58.0 Å². The highest BCUT2D eigenvalue weighted by molar-refractivity contribution is 4.92. The Morgan fingerprint density at radius 2 is 2.28 bits per heavy atom. The van der Waals surface area contributed by atoms with Gasteiger partial charge in [0.05, 0.1) is 6.61 Å². The molecular weight excluding hydrogens is 230 g/mol. The normalized spacial score (nSPS) is 21.7. The van der Waals surface area contributed by atoms with Gasteiger partial charge in [0.15, 0.2) is 5.82 Å². The molecule has 5 heteroatoms. The van der Waals surface area contributed by atoms with E-state index in [1.54, 1.807) is 0 Å². The van der Waals surface area contributed by atoms with Crippen LogP contribution in [-0.2, 0) is 12.8 Å². The van der Waals surface area contributed by atoms with Crippen LogP contribution < -0.4 is 0 Å². The van der Waals surface area contributed by atoms with Gasteiger partial charge in [0.1, 0.15) is 0 Å². The minimum absolute atomic E-state index is 0.0700. The van der Waals surface area contributed by atoms with E-state index in [0.29, 0.717) is 30.2 Å². The Bertz CT molecular complexity index is 365. The zero-order chi connectivity index (χ0) is 13.0. The van der Waals surface area contributed by atoms with Crippen LogP contribution >= 0.6 is 0 Å². The van der Waals surface area contributed by atoms with Crippen LogP contribution in [0.25, 0.3) is 0 Å². The summed E-state index contributed by atoms with van der Waals surface area (Å²) in [5.41, 5.74) is 0. The number of aromatic nitrogens is 2. The number of piperidine rings is 1. The fraction of sp³-hybridized carbons (Fsp3) is 0.846. The molecule has 0 amide bonds. The van der Waals surface area contributed by atoms with E-state index in [0.717, 1.165) is 6.42 Å². The molecule has 0 aliphatic carbocycles. The van der Waals surface area contributed by atoms with Crippen molar-refractivity contribution in [3.8, 4) is 0 Å². The molecule has 102 valence electrons. The molecule has 1 aromatic heterocycles. The van der Waals surface area contributed by atoms with Gasteiger partial charge in [-0.25, -0.2) is 0 Å². The molecule has 0 saturated carbocycles. The predicted molar refractivity (Wildman–Crippen MR) is 68.3 cm³/mol. The number of aliphatic hydroxyl groups excluding tert-OH is 1. The molecule has 2 rings (SSSR count). The molecule has 1 aliphatic rings. The Morgan fingerprint density at radius 1 is 1.44 bits per heavy atom. The van der Waals surface area contributed by atoms with Crippen LogP contribution in [0.5, 0.6) is 0 Å². The van der Waals surface area contributed by atoms with Crippen LogP contribution in [0.2, 0.25) is 0 Å². The highest BCUT2D eigenvalue weighted by atomic mass is 16.5. The van der Waals surface area contributed by atoms with Gasteiger partial charge in [-0.05, 0) is 33.2 Å². The monoisotopic (exact) mass is 253 g/mol. The minimum Gasteiger partial charge on any atom is -0.396 e. The lowest BCUT2D eigenvalue weighted by Gasteiger charge is -2.38. The summed E-state index contributed by atoms with van der Waals surface area (Å²) >= 11 is 0. The van der Waals surface area contributed by atoms with Crippen molar-refractivity contribution in [1.29, 1.82) is 0 Å². The largest absolute Gasteiger partial charge is 0.396 e. The topological polar surface area (TPSA) is 62.4 Å². The number of nitrogens with zero attached hydrogens (tertiary/aromatic N) is 3. The Hall–Kier alpha value is -0.940. The molecule has 18 heavy (non-hydrogen) atoms. The molecule has 0 aromatic carbocycles. The van der Waals surface area contributed by atoms with Gasteiger partial charge in [-0.3, -0.25) is 4.90 Å². The van der Waals surface area contributed by atoms with Gasteiger partial charge >= 0.3 is 0 Å². The summed E-state index contributed by atoms with van der Waals surface area (Å²) in [5, 5.41) is 12.7. The summed E-state index contributed by atoms with van der Waals surface area (Å²) in [6.45, 7) is 5.72. The first-order chi connectivity index (χ1) is 8.70. The van der Waals surface area contributed by atoms with Gasteiger partial charge in [0, 0.05) is 24.9 Å². The van der Waals surface area contributed by atoms with Crippen molar-refractivity contribution >= 4 is 0 Å². The predicted octanol–water partition coefficient (Wildman–Crippen LogP) is 1.41. The van der Waals surface area contributed by atoms with Crippen molar-refractivity contribution in [3.05, 3.63) is 11.7 Å². The van der Waals surface area contributed by atoms with Crippen LogP contribution in [-0.4, -0.2) is 45.4 Å². The molecule has 1 fully saturated rings. The van der Waals surface area contributed by atoms with Crippen LogP contribution in [0.3, 0.4) is 0 Å². The number of aliphatic hydroxyl groups is 1. The minimum atomic E-state index is 0.0700. The van der Waals surface area contributed by atoms with E-state index >= 15 is 0 Å². The third-order valence-electron chi connectivity index (χ3n) is 3.59. The first kappa shape index (κ1) is 13.5. The highest BCUT2D eigenvalue weighted by Gasteiger charge is 2.26. The number of hydrogen-bond donors (Lipinski definition) is 1. The van der Waals surface area contributed by atoms with Gasteiger partial charge in [-0.1, -0.05) is 11.6 Å². The average Bonchev–Trinajstić information content (AvgIpc) is 2.77. The zero-order valence-electron chi connectivity index (χ0n) is 11.3. The molecule has 0 radical (unpaired) electrons. The SMILES string of the molecule is CC(C)N1CCCCC1Cc1nc(CCO)no1. The quantitative estimate of drug-likeness (QED) is 0.859. The lowest BCUT2D eigenvalue weighted by Crippen LogP contribution is -2.45. The number of hydrogen-bond acceptors (Lipinski definition) is 5. The van der Waals surface area contributed by atoms with Crippen molar-refractivity contribution in [1.82, 2.24) is 15.0 Å². The molecule has 1 aliphatic heterocycles. The van der Waals surface area contributed by atoms with Crippen LogP contribution in [0.1, 0.15) is 44.8 Å². The standard InChI is InChI=1S/C13H23N3O2/c1-10(2)16-7-4-3-5-11(16)9-13-14-12(6-8-17)15-18-13/h10-11,17H,3-9H2,1-2H3. The molecule has 1 saturated heterocycles. The van der Waals surface area contributed by atoms with E-state index in [-0.39, 0.29) is 6.61 Å². The fourth-order valence-corrected chi connectivity index (χ4v) is 2.70. The van der Waals surface area contributed by atoms with Gasteiger partial charge in [0.2, 0.25) is 5.89 Å². The van der Waals surface area contributed by atoms with Crippen LogP contribution in [0, 0.1) is 0 Å². The van der Waals surface area contributed by atoms with Gasteiger partial charge in [-0.15, -0.1) is 0 Å². The Morgan fingerprint density at radius 3 is 3.00 bits per heavy atom. The van der Waals surface area contributed by atoms with E-state index in [2.05, 4.69) is 28.9 Å². The zero-order valence-corrected chi connectivity index (χ0v) is 11.3. The second-order valence-electron chi connectivity index (χ2n) is 5.26. The van der Waals surface area contributed by atoms with Gasteiger partial charge < -0.3 is 9.63 Å². The lowest BCUT2D eigenvalue weighted by molar-refractivity contribution is 0.105. The van der Waals surface area contributed by atoms with E-state index in [1.165, 1.54) is 25.8 Å². The molecule has 1 aromatic rings. The maximum absolute atomic E-state index is 8.84. The maximum atomic E-state index is 8.84. The first-order valence-corrected chi connectivity index (χ1v) is 6.88. The van der Waals surface area contributed by atoms with Gasteiger partial charge in [0.25, 0.3) is 0 Å². The molecule has 1 unspecified atom stereocenters. The van der Waals surface area contributed by atoms with Crippen LogP contribution in [0.4, 0.5) is 0 Å². The second kappa shape index (κ2) is 6.29. The van der Waals surface area contributed by atoms with E-state index in [9.17, 15) is 0 Å².